The van der Waals surface area contributed by atoms with E-state index in [4.69, 9.17) is 0 Å². The summed E-state index contributed by atoms with van der Waals surface area (Å²) in [7, 11) is 0. The predicted molar refractivity (Wildman–Crippen MR) is 126 cm³/mol. The minimum absolute atomic E-state index is 0.00684. The van der Waals surface area contributed by atoms with Crippen LogP contribution in [0.1, 0.15) is 67.6 Å². The Bertz CT molecular complexity index is 1230. The zero-order chi connectivity index (χ0) is 24.5. The minimum atomic E-state index is -0.752. The van der Waals surface area contributed by atoms with Crippen molar-refractivity contribution in [2.75, 3.05) is 5.32 Å². The maximum Gasteiger partial charge on any atom is 0.259 e. The Morgan fingerprint density at radius 2 is 1.82 bits per heavy atom. The van der Waals surface area contributed by atoms with E-state index in [-0.39, 0.29) is 29.5 Å². The van der Waals surface area contributed by atoms with Crippen LogP contribution in [-0.4, -0.2) is 27.5 Å². The summed E-state index contributed by atoms with van der Waals surface area (Å²) in [5.41, 5.74) is 2.45. The molecule has 176 valence electrons. The predicted octanol–water partition coefficient (Wildman–Crippen LogP) is 4.47. The van der Waals surface area contributed by atoms with Gasteiger partial charge in [0.25, 0.3) is 5.91 Å². The van der Waals surface area contributed by atoms with Gasteiger partial charge in [-0.1, -0.05) is 32.9 Å². The largest absolute Gasteiger partial charge is 0.322 e. The van der Waals surface area contributed by atoms with Crippen LogP contribution in [0.25, 0.3) is 5.69 Å². The molecule has 0 radical (unpaired) electrons. The first-order chi connectivity index (χ1) is 16.2. The van der Waals surface area contributed by atoms with E-state index in [1.54, 1.807) is 28.9 Å². The van der Waals surface area contributed by atoms with E-state index in [0.29, 0.717) is 41.9 Å². The molecule has 1 aliphatic heterocycles. The van der Waals surface area contributed by atoms with Crippen LogP contribution < -0.4 is 10.6 Å². The number of aromatic nitrogens is 2. The van der Waals surface area contributed by atoms with Gasteiger partial charge in [0.15, 0.2) is 0 Å². The number of amides is 3. The third-order valence-electron chi connectivity index (χ3n) is 6.43. The van der Waals surface area contributed by atoms with Crippen molar-refractivity contribution in [2.45, 2.75) is 51.4 Å². The first kappa shape index (κ1) is 23.4. The van der Waals surface area contributed by atoms with Crippen LogP contribution in [0.2, 0.25) is 0 Å². The maximum absolute atomic E-state index is 13.3. The highest BCUT2D eigenvalue weighted by Gasteiger charge is 2.42. The quantitative estimate of drug-likeness (QED) is 0.529. The van der Waals surface area contributed by atoms with Gasteiger partial charge in [0, 0.05) is 12.1 Å². The highest BCUT2D eigenvalue weighted by Crippen LogP contribution is 2.36. The van der Waals surface area contributed by atoms with E-state index < -0.39 is 5.41 Å². The fraction of sp³-hybridized carbons (Fsp3) is 0.308. The number of imide groups is 1. The Kier molecular flexibility index (Phi) is 6.32. The van der Waals surface area contributed by atoms with Gasteiger partial charge in [0.05, 0.1) is 28.6 Å². The van der Waals surface area contributed by atoms with Crippen LogP contribution in [0.5, 0.6) is 0 Å². The molecule has 2 aromatic carbocycles. The number of piperidine rings is 1. The molecule has 2 heterocycles. The van der Waals surface area contributed by atoms with Crippen LogP contribution in [0, 0.1) is 5.82 Å². The van der Waals surface area contributed by atoms with Crippen molar-refractivity contribution in [1.29, 1.82) is 0 Å². The van der Waals surface area contributed by atoms with Gasteiger partial charge in [0.2, 0.25) is 11.8 Å². The molecule has 8 heteroatoms. The summed E-state index contributed by atoms with van der Waals surface area (Å²) in [4.78, 5) is 37.3. The van der Waals surface area contributed by atoms with Crippen LogP contribution in [0.15, 0.2) is 54.7 Å². The average Bonchev–Trinajstić information content (AvgIpc) is 3.26. The molecule has 0 spiro atoms. The fourth-order valence-electron chi connectivity index (χ4n) is 4.51. The Morgan fingerprint density at radius 1 is 1.15 bits per heavy atom. The van der Waals surface area contributed by atoms with E-state index in [1.807, 2.05) is 32.9 Å². The molecule has 2 N–H and O–H groups in total. The summed E-state index contributed by atoms with van der Waals surface area (Å²) < 4.78 is 15.0. The lowest BCUT2D eigenvalue weighted by atomic mass is 9.72. The first-order valence-electron chi connectivity index (χ1n) is 11.3. The molecule has 0 aliphatic carbocycles. The molecule has 1 fully saturated rings. The van der Waals surface area contributed by atoms with E-state index in [9.17, 15) is 18.8 Å². The van der Waals surface area contributed by atoms with Crippen molar-refractivity contribution in [1.82, 2.24) is 15.1 Å². The van der Waals surface area contributed by atoms with Gasteiger partial charge in [-0.15, -0.1) is 0 Å². The van der Waals surface area contributed by atoms with Crippen molar-refractivity contribution in [3.8, 4) is 5.69 Å². The van der Waals surface area contributed by atoms with Crippen molar-refractivity contribution < 1.29 is 18.8 Å². The highest BCUT2D eigenvalue weighted by molar-refractivity contribution is 6.05. The van der Waals surface area contributed by atoms with Crippen molar-refractivity contribution in [2.24, 2.45) is 0 Å². The standard InChI is InChI=1S/C26H27FN4O3/c1-4-26(14-13-22(32)30-25(26)34)17-5-9-19(10-6-17)29-24(33)21-15-28-31(23(21)16(2)3)20-11-7-18(27)8-12-20/h5-12,15-16H,4,13-14H2,1-3H3,(H,29,33)(H,30,32,34). The lowest BCUT2D eigenvalue weighted by Crippen LogP contribution is -2.51. The van der Waals surface area contributed by atoms with Gasteiger partial charge in [0.1, 0.15) is 5.82 Å². The molecule has 4 rings (SSSR count). The number of hydrogen-bond donors (Lipinski definition) is 2. The number of carbonyl (C=O) groups excluding carboxylic acids is 3. The number of rotatable bonds is 6. The Hall–Kier alpha value is -3.81. The van der Waals surface area contributed by atoms with Gasteiger partial charge < -0.3 is 5.32 Å². The molecule has 0 bridgehead atoms. The molecule has 1 atom stereocenters. The zero-order valence-corrected chi connectivity index (χ0v) is 19.4. The first-order valence-corrected chi connectivity index (χ1v) is 11.3. The summed E-state index contributed by atoms with van der Waals surface area (Å²) in [5.74, 6) is -1.19. The Morgan fingerprint density at radius 3 is 2.41 bits per heavy atom. The summed E-state index contributed by atoms with van der Waals surface area (Å²) in [5, 5.41) is 9.72. The molecule has 0 saturated carbocycles. The third kappa shape index (κ3) is 4.23. The number of hydrogen-bond acceptors (Lipinski definition) is 4. The lowest BCUT2D eigenvalue weighted by Gasteiger charge is -2.35. The molecular formula is C26H27FN4O3. The molecule has 1 aromatic heterocycles. The average molecular weight is 463 g/mol. The maximum atomic E-state index is 13.3. The van der Waals surface area contributed by atoms with E-state index in [1.165, 1.54) is 18.3 Å². The summed E-state index contributed by atoms with van der Waals surface area (Å²) in [6.07, 6.45) is 2.84. The van der Waals surface area contributed by atoms with Crippen LogP contribution in [0.4, 0.5) is 10.1 Å². The van der Waals surface area contributed by atoms with Gasteiger partial charge in [-0.3, -0.25) is 19.7 Å². The zero-order valence-electron chi connectivity index (χ0n) is 19.4. The van der Waals surface area contributed by atoms with Crippen LogP contribution >= 0.6 is 0 Å². The Balaban J connectivity index is 1.57. The molecule has 3 amide bonds. The number of halogens is 1. The topological polar surface area (TPSA) is 93.1 Å². The number of carbonyl (C=O) groups is 3. The van der Waals surface area contributed by atoms with Gasteiger partial charge >= 0.3 is 0 Å². The SMILES string of the molecule is CCC1(c2ccc(NC(=O)c3cnn(-c4ccc(F)cc4)c3C(C)C)cc2)CCC(=O)NC1=O. The van der Waals surface area contributed by atoms with Gasteiger partial charge in [-0.25, -0.2) is 9.07 Å². The number of benzene rings is 2. The number of anilines is 1. The molecule has 3 aromatic rings. The normalized spacial score (nSPS) is 18.1. The second-order valence-corrected chi connectivity index (χ2v) is 8.83. The molecule has 1 unspecified atom stereocenters. The Labute approximate surface area is 197 Å². The van der Waals surface area contributed by atoms with E-state index in [0.717, 1.165) is 5.56 Å². The second kappa shape index (κ2) is 9.21. The second-order valence-electron chi connectivity index (χ2n) is 8.83. The number of nitrogens with zero attached hydrogens (tertiary/aromatic N) is 2. The van der Waals surface area contributed by atoms with Crippen molar-refractivity contribution in [3.05, 3.63) is 77.4 Å². The molecular weight excluding hydrogens is 435 g/mol. The van der Waals surface area contributed by atoms with Crippen LogP contribution in [-0.2, 0) is 15.0 Å². The minimum Gasteiger partial charge on any atom is -0.322 e. The van der Waals surface area contributed by atoms with Crippen molar-refractivity contribution >= 4 is 23.4 Å². The lowest BCUT2D eigenvalue weighted by molar-refractivity contribution is -0.138. The molecule has 7 nitrogen and oxygen atoms in total. The fourth-order valence-corrected chi connectivity index (χ4v) is 4.51. The summed E-state index contributed by atoms with van der Waals surface area (Å²) in [6.45, 7) is 5.86. The molecule has 1 saturated heterocycles. The molecule has 34 heavy (non-hydrogen) atoms. The van der Waals surface area contributed by atoms with Gasteiger partial charge in [-0.05, 0) is 60.7 Å². The van der Waals surface area contributed by atoms with Crippen molar-refractivity contribution in [3.63, 3.8) is 0 Å². The summed E-state index contributed by atoms with van der Waals surface area (Å²) >= 11 is 0. The van der Waals surface area contributed by atoms with E-state index >= 15 is 0 Å². The monoisotopic (exact) mass is 462 g/mol. The number of nitrogens with one attached hydrogen (secondary N) is 2. The van der Waals surface area contributed by atoms with E-state index in [2.05, 4.69) is 15.7 Å². The third-order valence-corrected chi connectivity index (χ3v) is 6.43. The van der Waals surface area contributed by atoms with Crippen LogP contribution in [0.3, 0.4) is 0 Å². The smallest absolute Gasteiger partial charge is 0.259 e. The summed E-state index contributed by atoms with van der Waals surface area (Å²) in [6, 6.07) is 13.1. The molecule has 1 aliphatic rings. The highest BCUT2D eigenvalue weighted by atomic mass is 19.1. The van der Waals surface area contributed by atoms with Gasteiger partial charge in [-0.2, -0.15) is 5.10 Å².